The zero-order valence-corrected chi connectivity index (χ0v) is 28.8. The molecule has 1 atom stereocenters. The van der Waals surface area contributed by atoms with Crippen LogP contribution < -0.4 is 14.2 Å². The number of unbranched alkanes of at least 4 members (excludes halogenated alkanes) is 1. The summed E-state index contributed by atoms with van der Waals surface area (Å²) in [4.78, 5) is 0. The van der Waals surface area contributed by atoms with Gasteiger partial charge in [0.25, 0.3) is 0 Å². The lowest BCUT2D eigenvalue weighted by Crippen LogP contribution is -2.35. The number of hydrogen-bond donors (Lipinski definition) is 1. The fourth-order valence-electron chi connectivity index (χ4n) is 7.94. The quantitative estimate of drug-likeness (QED) is 0.134. The number of methoxy groups -OCH3 is 1. The summed E-state index contributed by atoms with van der Waals surface area (Å²) in [5.41, 5.74) is 3.11. The number of phenolic OH excluding ortho intramolecular Hbond substituents is 1. The molecule has 51 heavy (non-hydrogen) atoms. The van der Waals surface area contributed by atoms with E-state index in [2.05, 4.69) is 13.0 Å². The van der Waals surface area contributed by atoms with Crippen LogP contribution in [0.5, 0.6) is 23.0 Å². The third kappa shape index (κ3) is 5.04. The molecule has 0 fully saturated rings. The predicted octanol–water partition coefficient (Wildman–Crippen LogP) is 11.6. The Kier molecular flexibility index (Phi) is 7.60. The maximum atomic E-state index is 14.1. The Morgan fingerprint density at radius 2 is 1.49 bits per heavy atom. The molecule has 7 heteroatoms. The van der Waals surface area contributed by atoms with Gasteiger partial charge in [-0.2, -0.15) is 13.2 Å². The van der Waals surface area contributed by atoms with Crippen molar-refractivity contribution in [1.82, 2.24) is 0 Å². The molecule has 258 valence electrons. The number of rotatable bonds is 7. The van der Waals surface area contributed by atoms with Crippen LogP contribution in [0.2, 0.25) is 0 Å². The molecule has 0 amide bonds. The van der Waals surface area contributed by atoms with Crippen molar-refractivity contribution in [2.24, 2.45) is 0 Å². The molecule has 1 N–H and O–H groups in total. The largest absolute Gasteiger partial charge is 0.507 e. The third-order valence-electron chi connectivity index (χ3n) is 10.5. The molecule has 0 aromatic heterocycles. The van der Waals surface area contributed by atoms with E-state index < -0.39 is 22.8 Å². The first-order chi connectivity index (χ1) is 24.5. The maximum Gasteiger partial charge on any atom is 0.416 e. The molecule has 6 aromatic rings. The molecular formula is C44H37F3O4. The van der Waals surface area contributed by atoms with Gasteiger partial charge in [-0.05, 0) is 94.1 Å². The number of aromatic hydroxyl groups is 1. The van der Waals surface area contributed by atoms with E-state index in [1.807, 2.05) is 86.7 Å². The number of fused-ring (bicyclic) bond motifs is 10. The molecule has 1 unspecified atom stereocenters. The highest BCUT2D eigenvalue weighted by Gasteiger charge is 2.45. The number of halogens is 3. The van der Waals surface area contributed by atoms with Crippen molar-refractivity contribution >= 4 is 27.6 Å². The number of benzene rings is 6. The minimum absolute atomic E-state index is 0.130. The van der Waals surface area contributed by atoms with Gasteiger partial charge in [0.05, 0.1) is 19.3 Å². The van der Waals surface area contributed by atoms with Crippen LogP contribution >= 0.6 is 0 Å². The molecular weight excluding hydrogens is 649 g/mol. The van der Waals surface area contributed by atoms with Crippen molar-refractivity contribution in [3.63, 3.8) is 0 Å². The smallest absolute Gasteiger partial charge is 0.416 e. The van der Waals surface area contributed by atoms with Crippen LogP contribution in [0.25, 0.3) is 38.7 Å². The van der Waals surface area contributed by atoms with Crippen LogP contribution in [-0.2, 0) is 17.2 Å². The van der Waals surface area contributed by atoms with E-state index in [1.54, 1.807) is 25.3 Å². The highest BCUT2D eigenvalue weighted by Crippen LogP contribution is 2.59. The summed E-state index contributed by atoms with van der Waals surface area (Å²) in [5.74, 6) is 2.19. The van der Waals surface area contributed by atoms with Gasteiger partial charge >= 0.3 is 6.18 Å². The molecule has 1 aliphatic heterocycles. The van der Waals surface area contributed by atoms with Crippen molar-refractivity contribution in [2.45, 2.75) is 50.8 Å². The number of hydrogen-bond acceptors (Lipinski definition) is 4. The zero-order chi connectivity index (χ0) is 35.7. The molecule has 1 heterocycles. The second-order valence-electron chi connectivity index (χ2n) is 13.9. The highest BCUT2D eigenvalue weighted by atomic mass is 19.4. The number of alkyl halides is 3. The predicted molar refractivity (Wildman–Crippen MR) is 196 cm³/mol. The van der Waals surface area contributed by atoms with Gasteiger partial charge in [-0.25, -0.2) is 0 Å². The fourth-order valence-corrected chi connectivity index (χ4v) is 7.94. The lowest BCUT2D eigenvalue weighted by Gasteiger charge is -2.38. The molecule has 2 aliphatic rings. The normalized spacial score (nSPS) is 17.2. The maximum absolute atomic E-state index is 14.1. The zero-order valence-electron chi connectivity index (χ0n) is 28.8. The van der Waals surface area contributed by atoms with Gasteiger partial charge < -0.3 is 19.3 Å². The second kappa shape index (κ2) is 11.8. The lowest BCUT2D eigenvalue weighted by molar-refractivity contribution is -0.137. The fraction of sp³-hybridized carbons (Fsp3) is 0.227. The Bertz CT molecular complexity index is 2360. The lowest BCUT2D eigenvalue weighted by atomic mass is 9.76. The van der Waals surface area contributed by atoms with E-state index >= 15 is 0 Å². The van der Waals surface area contributed by atoms with Crippen LogP contribution in [0, 0.1) is 0 Å². The van der Waals surface area contributed by atoms with E-state index in [-0.39, 0.29) is 5.75 Å². The summed E-state index contributed by atoms with van der Waals surface area (Å²) in [6.45, 7) is 6.71. The van der Waals surface area contributed by atoms with E-state index in [0.717, 1.165) is 68.1 Å². The topological polar surface area (TPSA) is 47.9 Å². The number of ether oxygens (including phenoxy) is 3. The molecule has 1 aliphatic carbocycles. The first kappa shape index (κ1) is 32.8. The van der Waals surface area contributed by atoms with Crippen molar-refractivity contribution < 1.29 is 32.5 Å². The van der Waals surface area contributed by atoms with E-state index in [9.17, 15) is 18.3 Å². The average Bonchev–Trinajstić information content (AvgIpc) is 3.37. The van der Waals surface area contributed by atoms with Crippen LogP contribution in [-0.4, -0.2) is 18.8 Å². The van der Waals surface area contributed by atoms with E-state index in [4.69, 9.17) is 14.2 Å². The second-order valence-corrected chi connectivity index (χ2v) is 13.9. The molecule has 0 saturated heterocycles. The summed E-state index contributed by atoms with van der Waals surface area (Å²) < 4.78 is 61.1. The Balaban J connectivity index is 1.42. The van der Waals surface area contributed by atoms with Crippen molar-refractivity contribution in [2.75, 3.05) is 13.7 Å². The van der Waals surface area contributed by atoms with E-state index in [0.29, 0.717) is 29.1 Å². The molecule has 0 bridgehead atoms. The molecule has 8 rings (SSSR count). The van der Waals surface area contributed by atoms with Gasteiger partial charge in [-0.15, -0.1) is 0 Å². The van der Waals surface area contributed by atoms with Crippen LogP contribution in [0.3, 0.4) is 0 Å². The molecule has 0 spiro atoms. The summed E-state index contributed by atoms with van der Waals surface area (Å²) >= 11 is 0. The minimum atomic E-state index is -4.48. The molecule has 0 saturated carbocycles. The Morgan fingerprint density at radius 1 is 0.804 bits per heavy atom. The monoisotopic (exact) mass is 686 g/mol. The van der Waals surface area contributed by atoms with Crippen molar-refractivity contribution in [3.05, 3.63) is 137 Å². The van der Waals surface area contributed by atoms with Gasteiger partial charge in [0.2, 0.25) is 0 Å². The Hall–Kier alpha value is -5.43. The summed E-state index contributed by atoms with van der Waals surface area (Å²) in [5, 5.41) is 14.1. The molecule has 0 radical (unpaired) electrons. The standard InChI is InChI=1S/C44H37F3O4/c1-5-6-24-50-30-17-12-27(13-18-30)43(26-10-15-29(49-4)16-11-26)23-22-35-40-38(33-19-14-28(44(45,46)47)25-36(33)42(40,2)3)34-21-20-31-32(8-7-9-37(31)48)39(34)41(35)51-43/h7-23,25,48H,5-6,24H2,1-4H3. The SMILES string of the molecule is CCCCOc1ccc(C2(c3ccc(OC)cc3)C=Cc3c4c(c5ccc6c(O)cccc6c5c3O2)-c2ccc(C(F)(F)F)cc2C4(C)C)cc1. The highest BCUT2D eigenvalue weighted by molar-refractivity contribution is 6.19. The van der Waals surface area contributed by atoms with E-state index in [1.165, 1.54) is 12.1 Å². The summed E-state index contributed by atoms with van der Waals surface area (Å²) in [7, 11) is 1.62. The first-order valence-corrected chi connectivity index (χ1v) is 17.2. The number of phenols is 1. The van der Waals surface area contributed by atoms with Crippen LogP contribution in [0.1, 0.15) is 67.0 Å². The van der Waals surface area contributed by atoms with Crippen LogP contribution in [0.4, 0.5) is 13.2 Å². The third-order valence-corrected chi connectivity index (χ3v) is 10.5. The summed E-state index contributed by atoms with van der Waals surface area (Å²) in [6, 6.07) is 29.0. The van der Waals surface area contributed by atoms with Crippen molar-refractivity contribution in [1.29, 1.82) is 0 Å². The van der Waals surface area contributed by atoms with Gasteiger partial charge in [0.1, 0.15) is 23.0 Å². The summed E-state index contributed by atoms with van der Waals surface area (Å²) in [6.07, 6.45) is 1.61. The van der Waals surface area contributed by atoms with Crippen LogP contribution in [0.15, 0.2) is 103 Å². The molecule has 6 aromatic carbocycles. The minimum Gasteiger partial charge on any atom is -0.507 e. The Labute approximate surface area is 294 Å². The van der Waals surface area contributed by atoms with Gasteiger partial charge in [-0.3, -0.25) is 0 Å². The Morgan fingerprint density at radius 3 is 2.16 bits per heavy atom. The average molecular weight is 687 g/mol. The van der Waals surface area contributed by atoms with Crippen molar-refractivity contribution in [3.8, 4) is 34.1 Å². The van der Waals surface area contributed by atoms with Gasteiger partial charge in [0, 0.05) is 32.9 Å². The van der Waals surface area contributed by atoms with Gasteiger partial charge in [0.15, 0.2) is 5.60 Å². The first-order valence-electron chi connectivity index (χ1n) is 17.2. The molecule has 4 nitrogen and oxygen atoms in total. The van der Waals surface area contributed by atoms with Gasteiger partial charge in [-0.1, -0.05) is 81.8 Å².